The SMILES string of the molecule is CON(C)C(=O)c1cc(-c2ccncc2)nc2ccccc12. The van der Waals surface area contributed by atoms with Crippen LogP contribution in [-0.2, 0) is 4.84 Å². The molecule has 1 aromatic carbocycles. The summed E-state index contributed by atoms with van der Waals surface area (Å²) >= 11 is 0. The van der Waals surface area contributed by atoms with Crippen molar-refractivity contribution in [3.63, 3.8) is 0 Å². The second kappa shape index (κ2) is 5.91. The van der Waals surface area contributed by atoms with E-state index >= 15 is 0 Å². The van der Waals surface area contributed by atoms with Gasteiger partial charge in [-0.2, -0.15) is 0 Å². The molecule has 0 aliphatic carbocycles. The fourth-order valence-electron chi connectivity index (χ4n) is 2.28. The number of carbonyl (C=O) groups excluding carboxylic acids is 1. The summed E-state index contributed by atoms with van der Waals surface area (Å²) in [5.74, 6) is -0.212. The number of fused-ring (bicyclic) bond motifs is 1. The van der Waals surface area contributed by atoms with Gasteiger partial charge in [0, 0.05) is 30.4 Å². The van der Waals surface area contributed by atoms with Crippen LogP contribution in [0.5, 0.6) is 0 Å². The van der Waals surface area contributed by atoms with E-state index in [4.69, 9.17) is 4.84 Å². The summed E-state index contributed by atoms with van der Waals surface area (Å²) < 4.78 is 0. The third-order valence-electron chi connectivity index (χ3n) is 3.48. The highest BCUT2D eigenvalue weighted by Crippen LogP contribution is 2.25. The van der Waals surface area contributed by atoms with Crippen molar-refractivity contribution in [3.05, 3.63) is 60.4 Å². The van der Waals surface area contributed by atoms with E-state index in [0.29, 0.717) is 5.56 Å². The highest BCUT2D eigenvalue weighted by atomic mass is 16.7. The van der Waals surface area contributed by atoms with Gasteiger partial charge < -0.3 is 0 Å². The van der Waals surface area contributed by atoms with Crippen LogP contribution >= 0.6 is 0 Å². The van der Waals surface area contributed by atoms with Crippen LogP contribution in [0.4, 0.5) is 0 Å². The molecule has 0 aliphatic rings. The molecule has 5 heteroatoms. The van der Waals surface area contributed by atoms with Gasteiger partial charge in [0.1, 0.15) is 0 Å². The van der Waals surface area contributed by atoms with Crippen LogP contribution < -0.4 is 0 Å². The molecule has 0 radical (unpaired) electrons. The first-order valence-corrected chi connectivity index (χ1v) is 6.83. The Morgan fingerprint density at radius 3 is 2.59 bits per heavy atom. The van der Waals surface area contributed by atoms with Crippen LogP contribution in [0.2, 0.25) is 0 Å². The Hall–Kier alpha value is -2.79. The molecular weight excluding hydrogens is 278 g/mol. The van der Waals surface area contributed by atoms with Gasteiger partial charge in [0.05, 0.1) is 23.9 Å². The number of carbonyl (C=O) groups is 1. The first-order chi connectivity index (χ1) is 10.7. The minimum atomic E-state index is -0.212. The van der Waals surface area contributed by atoms with Gasteiger partial charge in [0.2, 0.25) is 0 Å². The second-order valence-electron chi connectivity index (χ2n) is 4.79. The number of hydrogen-bond acceptors (Lipinski definition) is 4. The fourth-order valence-corrected chi connectivity index (χ4v) is 2.28. The first kappa shape index (κ1) is 14.2. The number of benzene rings is 1. The average molecular weight is 293 g/mol. The summed E-state index contributed by atoms with van der Waals surface area (Å²) in [4.78, 5) is 26.2. The van der Waals surface area contributed by atoms with E-state index in [1.165, 1.54) is 12.2 Å². The highest BCUT2D eigenvalue weighted by molar-refractivity contribution is 6.06. The maximum Gasteiger partial charge on any atom is 0.277 e. The van der Waals surface area contributed by atoms with E-state index in [-0.39, 0.29) is 5.91 Å². The Morgan fingerprint density at radius 2 is 1.86 bits per heavy atom. The van der Waals surface area contributed by atoms with Gasteiger partial charge in [-0.1, -0.05) is 18.2 Å². The lowest BCUT2D eigenvalue weighted by molar-refractivity contribution is -0.0755. The summed E-state index contributed by atoms with van der Waals surface area (Å²) in [6, 6.07) is 13.1. The fraction of sp³-hybridized carbons (Fsp3) is 0.118. The van der Waals surface area contributed by atoms with E-state index in [1.807, 2.05) is 36.4 Å². The first-order valence-electron chi connectivity index (χ1n) is 6.83. The van der Waals surface area contributed by atoms with Crippen LogP contribution in [0.3, 0.4) is 0 Å². The van der Waals surface area contributed by atoms with E-state index in [1.54, 1.807) is 25.5 Å². The van der Waals surface area contributed by atoms with Crippen LogP contribution in [0.15, 0.2) is 54.9 Å². The second-order valence-corrected chi connectivity index (χ2v) is 4.79. The quantitative estimate of drug-likeness (QED) is 0.697. The van der Waals surface area contributed by atoms with Gasteiger partial charge >= 0.3 is 0 Å². The molecule has 0 saturated heterocycles. The minimum Gasteiger partial charge on any atom is -0.274 e. The molecule has 0 spiro atoms. The Morgan fingerprint density at radius 1 is 1.14 bits per heavy atom. The molecule has 0 fully saturated rings. The number of hydrogen-bond donors (Lipinski definition) is 0. The molecule has 0 saturated carbocycles. The monoisotopic (exact) mass is 293 g/mol. The van der Waals surface area contributed by atoms with Crippen LogP contribution in [0, 0.1) is 0 Å². The zero-order valence-corrected chi connectivity index (χ0v) is 12.4. The molecule has 3 aromatic rings. The van der Waals surface area contributed by atoms with E-state index in [9.17, 15) is 4.79 Å². The Kier molecular flexibility index (Phi) is 3.80. The predicted molar refractivity (Wildman–Crippen MR) is 84.1 cm³/mol. The number of nitrogens with zero attached hydrogens (tertiary/aromatic N) is 3. The lowest BCUT2D eigenvalue weighted by atomic mass is 10.0. The van der Waals surface area contributed by atoms with E-state index < -0.39 is 0 Å². The average Bonchev–Trinajstić information content (AvgIpc) is 2.60. The van der Waals surface area contributed by atoms with Gasteiger partial charge in [-0.25, -0.2) is 10.0 Å². The third kappa shape index (κ3) is 2.54. The molecule has 0 unspecified atom stereocenters. The predicted octanol–water partition coefficient (Wildman–Crippen LogP) is 2.93. The summed E-state index contributed by atoms with van der Waals surface area (Å²) in [6.07, 6.45) is 3.41. The summed E-state index contributed by atoms with van der Waals surface area (Å²) in [5.41, 5.74) is 2.97. The smallest absolute Gasteiger partial charge is 0.274 e. The van der Waals surface area contributed by atoms with Crippen molar-refractivity contribution < 1.29 is 9.63 Å². The summed E-state index contributed by atoms with van der Waals surface area (Å²) in [6.45, 7) is 0. The van der Waals surface area contributed by atoms with Gasteiger partial charge in [-0.3, -0.25) is 14.6 Å². The number of pyridine rings is 2. The van der Waals surface area contributed by atoms with Gasteiger partial charge in [-0.05, 0) is 24.3 Å². The number of aromatic nitrogens is 2. The number of para-hydroxylation sites is 1. The minimum absolute atomic E-state index is 0.212. The standard InChI is InChI=1S/C17H15N3O2/c1-20(22-2)17(21)14-11-16(12-7-9-18-10-8-12)19-15-6-4-3-5-13(14)15/h3-11H,1-2H3. The van der Waals surface area contributed by atoms with Gasteiger partial charge in [0.15, 0.2) is 0 Å². The maximum atomic E-state index is 12.5. The topological polar surface area (TPSA) is 55.3 Å². The molecular formula is C17H15N3O2. The molecule has 1 amide bonds. The van der Waals surface area contributed by atoms with Crippen LogP contribution in [0.25, 0.3) is 22.2 Å². The molecule has 3 rings (SSSR count). The van der Waals surface area contributed by atoms with Crippen molar-refractivity contribution in [1.29, 1.82) is 0 Å². The molecule has 0 N–H and O–H groups in total. The van der Waals surface area contributed by atoms with Crippen molar-refractivity contribution in [1.82, 2.24) is 15.0 Å². The summed E-state index contributed by atoms with van der Waals surface area (Å²) in [7, 11) is 3.05. The van der Waals surface area contributed by atoms with E-state index in [2.05, 4.69) is 9.97 Å². The van der Waals surface area contributed by atoms with Crippen molar-refractivity contribution in [2.45, 2.75) is 0 Å². The number of rotatable bonds is 3. The van der Waals surface area contributed by atoms with Crippen LogP contribution in [0.1, 0.15) is 10.4 Å². The molecule has 2 aromatic heterocycles. The zero-order chi connectivity index (χ0) is 15.5. The molecule has 0 atom stereocenters. The highest BCUT2D eigenvalue weighted by Gasteiger charge is 2.17. The third-order valence-corrected chi connectivity index (χ3v) is 3.48. The lowest BCUT2D eigenvalue weighted by Crippen LogP contribution is -2.25. The van der Waals surface area contributed by atoms with Crippen molar-refractivity contribution in [2.24, 2.45) is 0 Å². The molecule has 2 heterocycles. The lowest BCUT2D eigenvalue weighted by Gasteiger charge is -2.16. The van der Waals surface area contributed by atoms with Crippen molar-refractivity contribution >= 4 is 16.8 Å². The van der Waals surface area contributed by atoms with Gasteiger partial charge in [-0.15, -0.1) is 0 Å². The normalized spacial score (nSPS) is 10.6. The summed E-state index contributed by atoms with van der Waals surface area (Å²) in [5, 5.41) is 2.01. The van der Waals surface area contributed by atoms with Crippen molar-refractivity contribution in [2.75, 3.05) is 14.2 Å². The Bertz CT molecular complexity index is 819. The largest absolute Gasteiger partial charge is 0.277 e. The maximum absolute atomic E-state index is 12.5. The van der Waals surface area contributed by atoms with Crippen molar-refractivity contribution in [3.8, 4) is 11.3 Å². The zero-order valence-electron chi connectivity index (χ0n) is 12.4. The number of hydroxylamine groups is 2. The molecule has 0 aliphatic heterocycles. The molecule has 5 nitrogen and oxygen atoms in total. The van der Waals surface area contributed by atoms with Crippen LogP contribution in [-0.4, -0.2) is 35.1 Å². The Balaban J connectivity index is 2.23. The van der Waals surface area contributed by atoms with E-state index in [0.717, 1.165) is 22.2 Å². The number of amides is 1. The molecule has 22 heavy (non-hydrogen) atoms. The molecule has 0 bridgehead atoms. The molecule has 110 valence electrons. The van der Waals surface area contributed by atoms with Gasteiger partial charge in [0.25, 0.3) is 5.91 Å². The Labute approximate surface area is 128 Å².